The maximum Gasteiger partial charge on any atom is 0.153 e. The summed E-state index contributed by atoms with van der Waals surface area (Å²) in [6.07, 6.45) is 0. The molecule has 0 saturated carbocycles. The van der Waals surface area contributed by atoms with E-state index in [1.807, 2.05) is 17.4 Å². The molecule has 2 aromatic heterocycles. The van der Waals surface area contributed by atoms with Gasteiger partial charge >= 0.3 is 0 Å². The molecule has 11 aromatic rings. The van der Waals surface area contributed by atoms with E-state index < -0.39 is 0 Å². The molecule has 0 radical (unpaired) electrons. The highest BCUT2D eigenvalue weighted by molar-refractivity contribution is 7.26. The van der Waals surface area contributed by atoms with Gasteiger partial charge in [0, 0.05) is 26.2 Å². The number of thiophene rings is 1. The standard InChI is InChI=1S/C48H28OS/c1-2-15-33-29(11-1)12-10-21-34(33)30-13-9-14-31(27-30)45-36-17-3-5-19-38(36)46(39-20-6-4-18-37(39)45)32-23-26-44-42(28-32)41-25-24-40-35-16-7-8-22-43(35)49-47(40)48(41)50-44/h1-28H. The van der Waals surface area contributed by atoms with E-state index >= 15 is 0 Å². The Balaban J connectivity index is 1.15. The third-order valence-electron chi connectivity index (χ3n) is 10.5. The Labute approximate surface area is 292 Å². The Morgan fingerprint density at radius 1 is 0.360 bits per heavy atom. The minimum Gasteiger partial charge on any atom is -0.455 e. The first kappa shape index (κ1) is 27.7. The molecule has 0 aliphatic rings. The van der Waals surface area contributed by atoms with Crippen LogP contribution in [0, 0.1) is 0 Å². The Morgan fingerprint density at radius 3 is 1.70 bits per heavy atom. The molecule has 0 saturated heterocycles. The number of fused-ring (bicyclic) bond motifs is 10. The van der Waals surface area contributed by atoms with Crippen LogP contribution in [0.3, 0.4) is 0 Å². The molecule has 11 rings (SSSR count). The molecular weight excluding hydrogens is 625 g/mol. The van der Waals surface area contributed by atoms with Gasteiger partial charge in [-0.25, -0.2) is 0 Å². The minimum absolute atomic E-state index is 0.939. The summed E-state index contributed by atoms with van der Waals surface area (Å²) in [5.74, 6) is 0. The summed E-state index contributed by atoms with van der Waals surface area (Å²) in [7, 11) is 0. The van der Waals surface area contributed by atoms with Crippen LogP contribution in [0.25, 0.3) is 108 Å². The molecule has 2 heterocycles. The van der Waals surface area contributed by atoms with E-state index in [0.29, 0.717) is 0 Å². The zero-order chi connectivity index (χ0) is 32.8. The molecule has 50 heavy (non-hydrogen) atoms. The van der Waals surface area contributed by atoms with Gasteiger partial charge < -0.3 is 4.42 Å². The van der Waals surface area contributed by atoms with E-state index in [2.05, 4.69) is 164 Å². The molecular formula is C48H28OS. The number of rotatable bonds is 3. The lowest BCUT2D eigenvalue weighted by molar-refractivity contribution is 0.673. The van der Waals surface area contributed by atoms with Crippen LogP contribution in [0.15, 0.2) is 174 Å². The quantitative estimate of drug-likeness (QED) is 0.173. The second kappa shape index (κ2) is 10.6. The number of benzene rings is 9. The summed E-state index contributed by atoms with van der Waals surface area (Å²) < 4.78 is 8.93. The zero-order valence-electron chi connectivity index (χ0n) is 27.0. The van der Waals surface area contributed by atoms with Crippen molar-refractivity contribution in [3.05, 3.63) is 170 Å². The molecule has 232 valence electrons. The van der Waals surface area contributed by atoms with Gasteiger partial charge in [-0.2, -0.15) is 0 Å². The number of hydrogen-bond donors (Lipinski definition) is 0. The first-order valence-corrected chi connectivity index (χ1v) is 17.9. The fraction of sp³-hybridized carbons (Fsp3) is 0. The van der Waals surface area contributed by atoms with Gasteiger partial charge in [0.05, 0.1) is 4.70 Å². The first-order chi connectivity index (χ1) is 24.8. The summed E-state index contributed by atoms with van der Waals surface area (Å²) in [5, 5.41) is 12.4. The maximum atomic E-state index is 6.45. The van der Waals surface area contributed by atoms with Crippen molar-refractivity contribution in [1.29, 1.82) is 0 Å². The molecule has 0 bridgehead atoms. The molecule has 0 spiro atoms. The Morgan fingerprint density at radius 2 is 0.940 bits per heavy atom. The predicted octanol–water partition coefficient (Wildman–Crippen LogP) is 14.4. The predicted molar refractivity (Wildman–Crippen MR) is 215 cm³/mol. The Kier molecular flexibility index (Phi) is 5.89. The van der Waals surface area contributed by atoms with Crippen LogP contribution in [0.4, 0.5) is 0 Å². The Bertz CT molecular complexity index is 3100. The van der Waals surface area contributed by atoms with Gasteiger partial charge in [0.25, 0.3) is 0 Å². The van der Waals surface area contributed by atoms with E-state index in [1.54, 1.807) is 0 Å². The number of furan rings is 1. The second-order valence-electron chi connectivity index (χ2n) is 13.2. The van der Waals surface area contributed by atoms with Crippen LogP contribution >= 0.6 is 11.3 Å². The molecule has 0 N–H and O–H groups in total. The van der Waals surface area contributed by atoms with E-state index in [1.165, 1.54) is 96.6 Å². The van der Waals surface area contributed by atoms with E-state index in [-0.39, 0.29) is 0 Å². The Hall–Kier alpha value is -6.22. The van der Waals surface area contributed by atoms with Crippen LogP contribution in [-0.2, 0) is 0 Å². The molecule has 1 nitrogen and oxygen atoms in total. The average Bonchev–Trinajstić information content (AvgIpc) is 3.75. The van der Waals surface area contributed by atoms with Crippen LogP contribution < -0.4 is 0 Å². The van der Waals surface area contributed by atoms with Gasteiger partial charge in [-0.1, -0.05) is 140 Å². The largest absolute Gasteiger partial charge is 0.455 e. The summed E-state index contributed by atoms with van der Waals surface area (Å²) >= 11 is 1.82. The van der Waals surface area contributed by atoms with E-state index in [9.17, 15) is 0 Å². The monoisotopic (exact) mass is 652 g/mol. The fourth-order valence-corrected chi connectivity index (χ4v) is 9.41. The lowest BCUT2D eigenvalue weighted by Gasteiger charge is -2.18. The van der Waals surface area contributed by atoms with Crippen molar-refractivity contribution >= 4 is 85.8 Å². The molecule has 0 amide bonds. The van der Waals surface area contributed by atoms with E-state index in [0.717, 1.165) is 11.2 Å². The van der Waals surface area contributed by atoms with Gasteiger partial charge in [-0.15, -0.1) is 11.3 Å². The van der Waals surface area contributed by atoms with Gasteiger partial charge in [0.2, 0.25) is 0 Å². The molecule has 0 atom stereocenters. The van der Waals surface area contributed by atoms with Crippen molar-refractivity contribution in [1.82, 2.24) is 0 Å². The van der Waals surface area contributed by atoms with Crippen molar-refractivity contribution in [2.24, 2.45) is 0 Å². The topological polar surface area (TPSA) is 13.1 Å². The van der Waals surface area contributed by atoms with Crippen molar-refractivity contribution < 1.29 is 4.42 Å². The third kappa shape index (κ3) is 4.00. The highest BCUT2D eigenvalue weighted by atomic mass is 32.1. The highest BCUT2D eigenvalue weighted by Gasteiger charge is 2.19. The third-order valence-corrected chi connectivity index (χ3v) is 11.6. The van der Waals surface area contributed by atoms with Crippen LogP contribution in [-0.4, -0.2) is 0 Å². The molecule has 9 aromatic carbocycles. The van der Waals surface area contributed by atoms with Crippen LogP contribution in [0.2, 0.25) is 0 Å². The van der Waals surface area contributed by atoms with E-state index in [4.69, 9.17) is 4.42 Å². The molecule has 0 unspecified atom stereocenters. The van der Waals surface area contributed by atoms with Gasteiger partial charge in [0.1, 0.15) is 5.58 Å². The van der Waals surface area contributed by atoms with Crippen molar-refractivity contribution in [2.45, 2.75) is 0 Å². The molecule has 0 aliphatic heterocycles. The summed E-state index contributed by atoms with van der Waals surface area (Å²) in [6, 6.07) is 62.1. The lowest BCUT2D eigenvalue weighted by Crippen LogP contribution is -1.91. The summed E-state index contributed by atoms with van der Waals surface area (Å²) in [6.45, 7) is 0. The average molecular weight is 653 g/mol. The minimum atomic E-state index is 0.939. The van der Waals surface area contributed by atoms with Crippen molar-refractivity contribution in [3.63, 3.8) is 0 Å². The smallest absolute Gasteiger partial charge is 0.153 e. The fourth-order valence-electron chi connectivity index (χ4n) is 8.24. The van der Waals surface area contributed by atoms with Gasteiger partial charge in [-0.05, 0) is 96.0 Å². The van der Waals surface area contributed by atoms with Gasteiger partial charge in [0.15, 0.2) is 5.58 Å². The molecule has 2 heteroatoms. The van der Waals surface area contributed by atoms with Crippen LogP contribution in [0.1, 0.15) is 0 Å². The maximum absolute atomic E-state index is 6.45. The summed E-state index contributed by atoms with van der Waals surface area (Å²) in [5.41, 5.74) is 9.41. The second-order valence-corrected chi connectivity index (χ2v) is 14.2. The number of hydrogen-bond acceptors (Lipinski definition) is 2. The molecule has 0 fully saturated rings. The zero-order valence-corrected chi connectivity index (χ0v) is 27.8. The number of para-hydroxylation sites is 1. The highest BCUT2D eigenvalue weighted by Crippen LogP contribution is 2.47. The molecule has 0 aliphatic carbocycles. The summed E-state index contributed by atoms with van der Waals surface area (Å²) in [4.78, 5) is 0. The van der Waals surface area contributed by atoms with Crippen molar-refractivity contribution in [3.8, 4) is 33.4 Å². The first-order valence-electron chi connectivity index (χ1n) is 17.1. The lowest BCUT2D eigenvalue weighted by atomic mass is 9.85. The SMILES string of the molecule is c1cc(-c2cccc3ccccc23)cc(-c2c3ccccc3c(-c3ccc4sc5c(ccc6c7ccccc7oc65)c4c3)c3ccccc23)c1. The van der Waals surface area contributed by atoms with Crippen LogP contribution in [0.5, 0.6) is 0 Å². The normalized spacial score (nSPS) is 12.0. The van der Waals surface area contributed by atoms with Crippen molar-refractivity contribution in [2.75, 3.05) is 0 Å². The van der Waals surface area contributed by atoms with Gasteiger partial charge in [-0.3, -0.25) is 0 Å².